The van der Waals surface area contributed by atoms with Crippen LogP contribution in [-0.2, 0) is 0 Å². The summed E-state index contributed by atoms with van der Waals surface area (Å²) in [4.78, 5) is 4.50. The highest BCUT2D eigenvalue weighted by Crippen LogP contribution is 2.17. The molecule has 20 heavy (non-hydrogen) atoms. The molecular formula is C16H18N4. The molecule has 0 aliphatic rings. The smallest absolute Gasteiger partial charge is 0.126 e. The lowest BCUT2D eigenvalue weighted by atomic mass is 10.1. The van der Waals surface area contributed by atoms with E-state index in [0.29, 0.717) is 17.0 Å². The Hall–Kier alpha value is -2.62. The summed E-state index contributed by atoms with van der Waals surface area (Å²) in [6, 6.07) is 17.2. The molecule has 0 heterocycles. The van der Waals surface area contributed by atoms with E-state index >= 15 is 0 Å². The molecule has 0 amide bonds. The minimum Gasteiger partial charge on any atom is -0.384 e. The summed E-state index contributed by atoms with van der Waals surface area (Å²) in [5.41, 5.74) is 14.0. The van der Waals surface area contributed by atoms with Gasteiger partial charge in [-0.1, -0.05) is 54.6 Å². The molecule has 0 fully saturated rings. The summed E-state index contributed by atoms with van der Waals surface area (Å²) in [7, 11) is 0. The first-order valence-corrected chi connectivity index (χ1v) is 6.41. The standard InChI is InChI=1S/C16H18N4/c1-11(12-7-3-2-4-8-12)20-16(19)14-10-6-5-9-13(14)15(17)18/h2-11H,1H3,(H3,17,18)(H2,19,20)/t11-/m0/s1. The van der Waals surface area contributed by atoms with E-state index in [9.17, 15) is 0 Å². The fraction of sp³-hybridized carbons (Fsp3) is 0.125. The van der Waals surface area contributed by atoms with Gasteiger partial charge in [-0.25, -0.2) is 0 Å². The van der Waals surface area contributed by atoms with Gasteiger partial charge < -0.3 is 11.5 Å². The van der Waals surface area contributed by atoms with Crippen molar-refractivity contribution in [3.05, 3.63) is 71.3 Å². The Morgan fingerprint density at radius 2 is 1.50 bits per heavy atom. The third kappa shape index (κ3) is 3.03. The maximum absolute atomic E-state index is 7.58. The van der Waals surface area contributed by atoms with Gasteiger partial charge in [-0.05, 0) is 12.5 Å². The van der Waals surface area contributed by atoms with E-state index < -0.39 is 0 Å². The Morgan fingerprint density at radius 3 is 2.10 bits per heavy atom. The molecule has 1 atom stereocenters. The van der Waals surface area contributed by atoms with Crippen molar-refractivity contribution < 1.29 is 0 Å². The molecule has 0 aliphatic heterocycles. The Morgan fingerprint density at radius 1 is 0.950 bits per heavy atom. The second-order valence-corrected chi connectivity index (χ2v) is 4.56. The average Bonchev–Trinajstić information content (AvgIpc) is 2.48. The average molecular weight is 266 g/mol. The van der Waals surface area contributed by atoms with Gasteiger partial charge in [0.2, 0.25) is 0 Å². The third-order valence-electron chi connectivity index (χ3n) is 3.11. The summed E-state index contributed by atoms with van der Waals surface area (Å²) < 4.78 is 0. The van der Waals surface area contributed by atoms with Crippen LogP contribution in [0, 0.1) is 5.41 Å². The molecule has 5 N–H and O–H groups in total. The molecule has 2 rings (SSSR count). The van der Waals surface area contributed by atoms with Crippen molar-refractivity contribution in [3.63, 3.8) is 0 Å². The molecule has 0 unspecified atom stereocenters. The Balaban J connectivity index is 2.34. The van der Waals surface area contributed by atoms with Crippen molar-refractivity contribution >= 4 is 11.7 Å². The third-order valence-corrected chi connectivity index (χ3v) is 3.11. The van der Waals surface area contributed by atoms with Crippen LogP contribution in [0.4, 0.5) is 0 Å². The molecule has 2 aromatic rings. The van der Waals surface area contributed by atoms with Crippen molar-refractivity contribution in [2.24, 2.45) is 16.5 Å². The Kier molecular flexibility index (Phi) is 4.15. The summed E-state index contributed by atoms with van der Waals surface area (Å²) in [6.45, 7) is 1.98. The zero-order valence-corrected chi connectivity index (χ0v) is 11.4. The van der Waals surface area contributed by atoms with E-state index in [0.717, 1.165) is 5.56 Å². The van der Waals surface area contributed by atoms with E-state index in [1.54, 1.807) is 6.07 Å². The Bertz CT molecular complexity index is 632. The van der Waals surface area contributed by atoms with Crippen LogP contribution < -0.4 is 11.5 Å². The van der Waals surface area contributed by atoms with E-state index in [1.807, 2.05) is 55.5 Å². The second-order valence-electron chi connectivity index (χ2n) is 4.56. The zero-order chi connectivity index (χ0) is 14.5. The molecular weight excluding hydrogens is 248 g/mol. The molecule has 102 valence electrons. The van der Waals surface area contributed by atoms with Gasteiger partial charge in [0, 0.05) is 11.1 Å². The number of benzene rings is 2. The van der Waals surface area contributed by atoms with Gasteiger partial charge in [-0.15, -0.1) is 0 Å². The van der Waals surface area contributed by atoms with E-state index in [2.05, 4.69) is 4.99 Å². The predicted molar refractivity (Wildman–Crippen MR) is 83.0 cm³/mol. The van der Waals surface area contributed by atoms with Gasteiger partial charge in [-0.3, -0.25) is 10.4 Å². The summed E-state index contributed by atoms with van der Waals surface area (Å²) >= 11 is 0. The molecule has 0 spiro atoms. The number of nitrogen functional groups attached to an aromatic ring is 1. The molecule has 2 aromatic carbocycles. The lowest BCUT2D eigenvalue weighted by Crippen LogP contribution is -2.22. The lowest BCUT2D eigenvalue weighted by molar-refractivity contribution is 0.818. The first-order chi connectivity index (χ1) is 9.59. The van der Waals surface area contributed by atoms with Crippen molar-refractivity contribution in [1.82, 2.24) is 0 Å². The van der Waals surface area contributed by atoms with E-state index in [-0.39, 0.29) is 11.9 Å². The molecule has 0 aromatic heterocycles. The quantitative estimate of drug-likeness (QED) is 0.586. The predicted octanol–water partition coefficient (Wildman–Crippen LogP) is 2.44. The summed E-state index contributed by atoms with van der Waals surface area (Å²) in [6.07, 6.45) is 0. The Labute approximate surface area is 118 Å². The first-order valence-electron chi connectivity index (χ1n) is 6.41. The molecule has 0 bridgehead atoms. The van der Waals surface area contributed by atoms with E-state index in [4.69, 9.17) is 16.9 Å². The van der Waals surface area contributed by atoms with Crippen LogP contribution in [0.1, 0.15) is 29.7 Å². The maximum Gasteiger partial charge on any atom is 0.126 e. The van der Waals surface area contributed by atoms with Gasteiger partial charge in [0.1, 0.15) is 11.7 Å². The number of hydrogen-bond acceptors (Lipinski definition) is 2. The highest BCUT2D eigenvalue weighted by Gasteiger charge is 2.10. The number of nitrogens with two attached hydrogens (primary N) is 2. The van der Waals surface area contributed by atoms with Crippen LogP contribution in [0.15, 0.2) is 59.6 Å². The number of nitrogens with zero attached hydrogens (tertiary/aromatic N) is 1. The van der Waals surface area contributed by atoms with Gasteiger partial charge in [-0.2, -0.15) is 0 Å². The molecule has 0 saturated heterocycles. The first kappa shape index (κ1) is 13.8. The van der Waals surface area contributed by atoms with Crippen molar-refractivity contribution in [3.8, 4) is 0 Å². The number of aliphatic imine (C=N–C) groups is 1. The van der Waals surface area contributed by atoms with Crippen LogP contribution in [0.5, 0.6) is 0 Å². The topological polar surface area (TPSA) is 88.2 Å². The van der Waals surface area contributed by atoms with Crippen LogP contribution >= 0.6 is 0 Å². The van der Waals surface area contributed by atoms with E-state index in [1.165, 1.54) is 0 Å². The van der Waals surface area contributed by atoms with Crippen molar-refractivity contribution in [2.45, 2.75) is 13.0 Å². The van der Waals surface area contributed by atoms with Crippen molar-refractivity contribution in [1.29, 1.82) is 5.41 Å². The lowest BCUT2D eigenvalue weighted by Gasteiger charge is -2.11. The molecule has 0 radical (unpaired) electrons. The number of nitrogens with one attached hydrogen (secondary N) is 1. The summed E-state index contributed by atoms with van der Waals surface area (Å²) in [5.74, 6) is 0.387. The minimum atomic E-state index is -0.0452. The zero-order valence-electron chi connectivity index (χ0n) is 11.4. The largest absolute Gasteiger partial charge is 0.384 e. The van der Waals surface area contributed by atoms with Gasteiger partial charge in [0.05, 0.1) is 6.04 Å². The molecule has 0 saturated carbocycles. The SMILES string of the molecule is C[C@H](N=C(N)c1ccccc1C(=N)N)c1ccccc1. The fourth-order valence-electron chi connectivity index (χ4n) is 2.03. The molecule has 4 heteroatoms. The van der Waals surface area contributed by atoms with Crippen LogP contribution in [-0.4, -0.2) is 11.7 Å². The fourth-order valence-corrected chi connectivity index (χ4v) is 2.03. The highest BCUT2D eigenvalue weighted by molar-refractivity contribution is 6.09. The van der Waals surface area contributed by atoms with Crippen molar-refractivity contribution in [2.75, 3.05) is 0 Å². The molecule has 0 aliphatic carbocycles. The molecule has 4 nitrogen and oxygen atoms in total. The number of rotatable bonds is 4. The van der Waals surface area contributed by atoms with Crippen LogP contribution in [0.25, 0.3) is 0 Å². The monoisotopic (exact) mass is 266 g/mol. The van der Waals surface area contributed by atoms with Crippen LogP contribution in [0.3, 0.4) is 0 Å². The number of hydrogen-bond donors (Lipinski definition) is 3. The normalized spacial score (nSPS) is 12.9. The minimum absolute atomic E-state index is 0.00823. The van der Waals surface area contributed by atoms with Crippen LogP contribution in [0.2, 0.25) is 0 Å². The second kappa shape index (κ2) is 6.02. The maximum atomic E-state index is 7.58. The van der Waals surface area contributed by atoms with Gasteiger partial charge >= 0.3 is 0 Å². The van der Waals surface area contributed by atoms with Gasteiger partial charge in [0.15, 0.2) is 0 Å². The van der Waals surface area contributed by atoms with Gasteiger partial charge in [0.25, 0.3) is 0 Å². The summed E-state index contributed by atoms with van der Waals surface area (Å²) in [5, 5.41) is 7.58. The number of amidine groups is 2. The highest BCUT2D eigenvalue weighted by atomic mass is 14.9.